The molecule has 0 saturated heterocycles. The van der Waals surface area contributed by atoms with Crippen molar-refractivity contribution in [2.75, 3.05) is 17.7 Å². The fraction of sp³-hybridized carbons (Fsp3) is 0.263. The lowest BCUT2D eigenvalue weighted by Crippen LogP contribution is -2.15. The molecule has 0 radical (unpaired) electrons. The number of tetrazole rings is 1. The van der Waals surface area contributed by atoms with Crippen LogP contribution in [0.25, 0.3) is 5.69 Å². The number of carbonyl (C=O) groups excluding carboxylic acids is 1. The number of benzene rings is 2. The van der Waals surface area contributed by atoms with Gasteiger partial charge in [0.1, 0.15) is 11.4 Å². The first-order valence-corrected chi connectivity index (χ1v) is 9.57. The van der Waals surface area contributed by atoms with Crippen LogP contribution in [0.15, 0.2) is 47.6 Å². The van der Waals surface area contributed by atoms with E-state index in [1.807, 2.05) is 63.2 Å². The Bertz CT molecular complexity index is 941. The lowest BCUT2D eigenvalue weighted by molar-refractivity contribution is -0.113. The van der Waals surface area contributed by atoms with Crippen molar-refractivity contribution in [3.8, 4) is 11.4 Å². The summed E-state index contributed by atoms with van der Waals surface area (Å²) in [5.74, 6) is 0.778. The predicted molar refractivity (Wildman–Crippen MR) is 106 cm³/mol. The molecule has 2 aromatic carbocycles. The highest BCUT2D eigenvalue weighted by Gasteiger charge is 2.15. The van der Waals surface area contributed by atoms with Crippen LogP contribution < -0.4 is 10.1 Å². The molecule has 1 N–H and O–H groups in total. The van der Waals surface area contributed by atoms with Gasteiger partial charge in [-0.2, -0.15) is 4.68 Å². The number of amides is 1. The Kier molecular flexibility index (Phi) is 6.08. The Hall–Kier alpha value is -2.87. The summed E-state index contributed by atoms with van der Waals surface area (Å²) in [4.78, 5) is 12.4. The van der Waals surface area contributed by atoms with E-state index >= 15 is 0 Å². The first-order chi connectivity index (χ1) is 13.1. The van der Waals surface area contributed by atoms with Gasteiger partial charge in [-0.3, -0.25) is 4.79 Å². The molecule has 140 valence electrons. The van der Waals surface area contributed by atoms with Crippen LogP contribution in [-0.4, -0.2) is 38.5 Å². The van der Waals surface area contributed by atoms with Crippen LogP contribution in [0.1, 0.15) is 18.1 Å². The maximum atomic E-state index is 12.4. The maximum absolute atomic E-state index is 12.4. The first-order valence-electron chi connectivity index (χ1n) is 8.59. The number of ether oxygens (including phenoxy) is 1. The van der Waals surface area contributed by atoms with Crippen LogP contribution in [0.4, 0.5) is 5.69 Å². The summed E-state index contributed by atoms with van der Waals surface area (Å²) < 4.78 is 7.22. The van der Waals surface area contributed by atoms with Gasteiger partial charge in [-0.15, -0.1) is 5.10 Å². The van der Waals surface area contributed by atoms with E-state index in [1.54, 1.807) is 4.68 Å². The molecule has 3 aromatic rings. The van der Waals surface area contributed by atoms with Crippen molar-refractivity contribution >= 4 is 23.4 Å². The fourth-order valence-electron chi connectivity index (χ4n) is 2.52. The minimum atomic E-state index is -0.110. The minimum absolute atomic E-state index is 0.110. The molecule has 27 heavy (non-hydrogen) atoms. The molecule has 0 aliphatic heterocycles. The number of hydrogen-bond donors (Lipinski definition) is 1. The molecule has 0 unspecified atom stereocenters. The van der Waals surface area contributed by atoms with Gasteiger partial charge in [0.15, 0.2) is 0 Å². The van der Waals surface area contributed by atoms with E-state index in [1.165, 1.54) is 11.8 Å². The van der Waals surface area contributed by atoms with Crippen LogP contribution in [0, 0.1) is 13.8 Å². The van der Waals surface area contributed by atoms with Gasteiger partial charge >= 0.3 is 0 Å². The lowest BCUT2D eigenvalue weighted by Gasteiger charge is -2.11. The van der Waals surface area contributed by atoms with Crippen molar-refractivity contribution in [3.63, 3.8) is 0 Å². The summed E-state index contributed by atoms with van der Waals surface area (Å²) in [5.41, 5.74) is 3.68. The van der Waals surface area contributed by atoms with Gasteiger partial charge in [-0.05, 0) is 60.5 Å². The summed E-state index contributed by atoms with van der Waals surface area (Å²) >= 11 is 1.27. The Morgan fingerprint density at radius 2 is 2.04 bits per heavy atom. The number of hydrogen-bond acceptors (Lipinski definition) is 6. The van der Waals surface area contributed by atoms with Gasteiger partial charge in [0.2, 0.25) is 11.1 Å². The molecule has 0 spiro atoms. The number of rotatable bonds is 7. The zero-order chi connectivity index (χ0) is 19.2. The summed E-state index contributed by atoms with van der Waals surface area (Å²) in [5, 5.41) is 15.3. The second-order valence-electron chi connectivity index (χ2n) is 5.93. The third kappa shape index (κ3) is 4.65. The van der Waals surface area contributed by atoms with Crippen molar-refractivity contribution in [2.24, 2.45) is 0 Å². The van der Waals surface area contributed by atoms with Gasteiger partial charge in [-0.25, -0.2) is 0 Å². The van der Waals surface area contributed by atoms with E-state index < -0.39 is 0 Å². The Morgan fingerprint density at radius 3 is 2.85 bits per heavy atom. The zero-order valence-corrected chi connectivity index (χ0v) is 16.3. The smallest absolute Gasteiger partial charge is 0.234 e. The number of aromatic nitrogens is 4. The Balaban J connectivity index is 1.70. The summed E-state index contributed by atoms with van der Waals surface area (Å²) in [6.45, 7) is 6.42. The van der Waals surface area contributed by atoms with Crippen molar-refractivity contribution in [1.82, 2.24) is 20.2 Å². The molecule has 1 heterocycles. The number of nitrogens with zero attached hydrogens (tertiary/aromatic N) is 4. The summed E-state index contributed by atoms with van der Waals surface area (Å²) in [7, 11) is 0. The van der Waals surface area contributed by atoms with E-state index in [0.29, 0.717) is 17.5 Å². The van der Waals surface area contributed by atoms with Gasteiger partial charge in [0, 0.05) is 5.69 Å². The highest BCUT2D eigenvalue weighted by molar-refractivity contribution is 7.99. The van der Waals surface area contributed by atoms with Crippen LogP contribution in [0.3, 0.4) is 0 Å². The number of anilines is 1. The van der Waals surface area contributed by atoms with Crippen LogP contribution in [0.5, 0.6) is 5.75 Å². The molecular weight excluding hydrogens is 362 g/mol. The van der Waals surface area contributed by atoms with Gasteiger partial charge in [-0.1, -0.05) is 36.0 Å². The van der Waals surface area contributed by atoms with Crippen molar-refractivity contribution in [2.45, 2.75) is 25.9 Å². The molecule has 0 atom stereocenters. The average molecular weight is 383 g/mol. The highest BCUT2D eigenvalue weighted by atomic mass is 32.2. The average Bonchev–Trinajstić information content (AvgIpc) is 3.12. The monoisotopic (exact) mass is 383 g/mol. The van der Waals surface area contributed by atoms with Gasteiger partial charge < -0.3 is 10.1 Å². The highest BCUT2D eigenvalue weighted by Crippen LogP contribution is 2.26. The summed E-state index contributed by atoms with van der Waals surface area (Å²) in [6, 6.07) is 13.5. The fourth-order valence-corrected chi connectivity index (χ4v) is 3.20. The quantitative estimate of drug-likeness (QED) is 0.630. The van der Waals surface area contributed by atoms with Crippen LogP contribution in [-0.2, 0) is 4.79 Å². The van der Waals surface area contributed by atoms with Crippen molar-refractivity contribution in [1.29, 1.82) is 0 Å². The summed E-state index contributed by atoms with van der Waals surface area (Å²) in [6.07, 6.45) is 0. The minimum Gasteiger partial charge on any atom is -0.492 e. The third-order valence-electron chi connectivity index (χ3n) is 3.83. The molecule has 1 amide bonds. The van der Waals surface area contributed by atoms with E-state index in [0.717, 1.165) is 22.5 Å². The van der Waals surface area contributed by atoms with Crippen LogP contribution in [0.2, 0.25) is 0 Å². The van der Waals surface area contributed by atoms with Gasteiger partial charge in [0.25, 0.3) is 0 Å². The molecule has 0 saturated carbocycles. The van der Waals surface area contributed by atoms with Gasteiger partial charge in [0.05, 0.1) is 12.4 Å². The number of para-hydroxylation sites is 2. The second-order valence-corrected chi connectivity index (χ2v) is 6.87. The predicted octanol–water partition coefficient (Wildman–Crippen LogP) is 3.41. The topological polar surface area (TPSA) is 81.9 Å². The zero-order valence-electron chi connectivity index (χ0n) is 15.5. The van der Waals surface area contributed by atoms with E-state index in [4.69, 9.17) is 4.74 Å². The van der Waals surface area contributed by atoms with E-state index in [2.05, 4.69) is 20.8 Å². The number of aryl methyl sites for hydroxylation is 2. The largest absolute Gasteiger partial charge is 0.492 e. The molecule has 0 aliphatic rings. The Labute approximate surface area is 162 Å². The maximum Gasteiger partial charge on any atom is 0.234 e. The second kappa shape index (κ2) is 8.68. The molecule has 1 aromatic heterocycles. The van der Waals surface area contributed by atoms with Crippen molar-refractivity contribution < 1.29 is 9.53 Å². The van der Waals surface area contributed by atoms with Crippen LogP contribution >= 0.6 is 11.8 Å². The number of nitrogens with one attached hydrogen (secondary N) is 1. The number of carbonyl (C=O) groups is 1. The Morgan fingerprint density at radius 1 is 1.22 bits per heavy atom. The van der Waals surface area contributed by atoms with E-state index in [-0.39, 0.29) is 11.7 Å². The SMILES string of the molecule is CCOc1ccccc1-n1nnnc1SCC(=O)Nc1cc(C)ccc1C. The molecule has 7 nitrogen and oxygen atoms in total. The molecule has 8 heteroatoms. The molecular formula is C19H21N5O2S. The molecule has 0 bridgehead atoms. The molecule has 0 fully saturated rings. The number of thioether (sulfide) groups is 1. The van der Waals surface area contributed by atoms with Crippen molar-refractivity contribution in [3.05, 3.63) is 53.6 Å². The third-order valence-corrected chi connectivity index (χ3v) is 4.75. The normalized spacial score (nSPS) is 10.6. The lowest BCUT2D eigenvalue weighted by atomic mass is 10.1. The standard InChI is InChI=1S/C19H21N5O2S/c1-4-26-17-8-6-5-7-16(17)24-19(21-22-23-24)27-12-18(25)20-15-11-13(2)9-10-14(15)3/h5-11H,4,12H2,1-3H3,(H,20,25). The molecule has 3 rings (SSSR count). The molecule has 0 aliphatic carbocycles. The van der Waals surface area contributed by atoms with E-state index in [9.17, 15) is 4.79 Å². The first kappa shape index (κ1) is 18.9.